The minimum absolute atomic E-state index is 0.0226. The van der Waals surface area contributed by atoms with E-state index in [4.69, 9.17) is 9.47 Å². The van der Waals surface area contributed by atoms with Crippen LogP contribution in [0.5, 0.6) is 0 Å². The Kier molecular flexibility index (Phi) is 6.48. The molecule has 0 N–H and O–H groups in total. The second-order valence-corrected chi connectivity index (χ2v) is 10.7. The number of fused-ring (bicyclic) bond motifs is 4. The highest BCUT2D eigenvalue weighted by atomic mass is 19.2. The molecule has 0 fully saturated rings. The van der Waals surface area contributed by atoms with Crippen LogP contribution >= 0.6 is 0 Å². The van der Waals surface area contributed by atoms with Crippen LogP contribution in [-0.4, -0.2) is 45.3 Å². The molecule has 40 heavy (non-hydrogen) atoms. The number of likely N-dealkylation sites (N-methyl/N-ethyl adjacent to an activating group) is 1. The first-order valence-corrected chi connectivity index (χ1v) is 12.3. The Labute approximate surface area is 225 Å². The van der Waals surface area contributed by atoms with Crippen LogP contribution in [0.1, 0.15) is 48.6 Å². The van der Waals surface area contributed by atoms with Crippen LogP contribution in [-0.2, 0) is 23.1 Å². The molecule has 1 aliphatic rings. The van der Waals surface area contributed by atoms with Gasteiger partial charge in [0.05, 0.1) is 35.9 Å². The van der Waals surface area contributed by atoms with E-state index in [0.717, 1.165) is 28.8 Å². The summed E-state index contributed by atoms with van der Waals surface area (Å²) >= 11 is 0. The highest BCUT2D eigenvalue weighted by molar-refractivity contribution is 6.04. The number of carbonyl (C=O) groups excluding carboxylic acids is 2. The summed E-state index contributed by atoms with van der Waals surface area (Å²) in [4.78, 5) is 41.3. The van der Waals surface area contributed by atoms with Crippen molar-refractivity contribution in [3.63, 3.8) is 0 Å². The fourth-order valence-corrected chi connectivity index (χ4v) is 4.97. The predicted molar refractivity (Wildman–Crippen MR) is 137 cm³/mol. The summed E-state index contributed by atoms with van der Waals surface area (Å²) in [6.45, 7) is 4.73. The molecule has 0 radical (unpaired) electrons. The highest BCUT2D eigenvalue weighted by Crippen LogP contribution is 2.36. The zero-order chi connectivity index (χ0) is 29.3. The molecule has 1 aliphatic heterocycles. The number of carbonyl (C=O) groups is 2. The normalized spacial score (nSPS) is 15.4. The number of pyridine rings is 1. The van der Waals surface area contributed by atoms with Gasteiger partial charge in [0.25, 0.3) is 11.5 Å². The van der Waals surface area contributed by atoms with Gasteiger partial charge in [0.15, 0.2) is 23.3 Å². The summed E-state index contributed by atoms with van der Waals surface area (Å²) in [5, 5.41) is 0.107. The van der Waals surface area contributed by atoms with Crippen molar-refractivity contribution in [2.45, 2.75) is 39.0 Å². The van der Waals surface area contributed by atoms with Crippen LogP contribution in [0, 0.1) is 23.3 Å². The van der Waals surface area contributed by atoms with Crippen LogP contribution in [0.25, 0.3) is 21.7 Å². The molecule has 0 bridgehead atoms. The number of rotatable bonds is 2. The first kappa shape index (κ1) is 27.4. The van der Waals surface area contributed by atoms with E-state index < -0.39 is 52.5 Å². The van der Waals surface area contributed by atoms with E-state index >= 15 is 0 Å². The Balaban J connectivity index is 1.68. The van der Waals surface area contributed by atoms with Crippen molar-refractivity contribution in [2.24, 2.45) is 7.05 Å². The third-order valence-electron chi connectivity index (χ3n) is 6.88. The van der Waals surface area contributed by atoms with Gasteiger partial charge < -0.3 is 18.9 Å². The van der Waals surface area contributed by atoms with Gasteiger partial charge in [-0.25, -0.2) is 26.9 Å². The van der Waals surface area contributed by atoms with Crippen LogP contribution in [0.15, 0.2) is 35.1 Å². The lowest BCUT2D eigenvalue weighted by Gasteiger charge is -2.35. The van der Waals surface area contributed by atoms with Crippen molar-refractivity contribution in [3.05, 3.63) is 80.9 Å². The Morgan fingerprint density at radius 2 is 1.57 bits per heavy atom. The fourth-order valence-electron chi connectivity index (χ4n) is 4.97. The van der Waals surface area contributed by atoms with Gasteiger partial charge in [0.2, 0.25) is 0 Å². The molecule has 5 rings (SSSR count). The van der Waals surface area contributed by atoms with E-state index in [2.05, 4.69) is 0 Å². The SMILES string of the molecule is CN(C(=O)c1cc2cc(F)c(F)cc2n1C(=O)OC(C)(C)C)C1COCc2c1c1cc(F)c(F)cc1c(=O)n2C. The maximum atomic E-state index is 14.4. The average molecular weight is 560 g/mol. The summed E-state index contributed by atoms with van der Waals surface area (Å²) < 4.78 is 69.9. The Morgan fingerprint density at radius 3 is 2.23 bits per heavy atom. The monoisotopic (exact) mass is 559 g/mol. The Bertz CT molecular complexity index is 1790. The number of hydrogen-bond donors (Lipinski definition) is 0. The lowest BCUT2D eigenvalue weighted by molar-refractivity contribution is 0.0308. The number of ether oxygens (including phenoxy) is 2. The quantitative estimate of drug-likeness (QED) is 0.317. The Morgan fingerprint density at radius 1 is 0.975 bits per heavy atom. The largest absolute Gasteiger partial charge is 0.443 e. The maximum Gasteiger partial charge on any atom is 0.419 e. The summed E-state index contributed by atoms with van der Waals surface area (Å²) in [6.07, 6.45) is -0.990. The molecule has 1 amide bonds. The van der Waals surface area contributed by atoms with Crippen molar-refractivity contribution in [1.82, 2.24) is 14.0 Å². The number of amides is 1. The molecule has 12 heteroatoms. The molecule has 8 nitrogen and oxygen atoms in total. The third kappa shape index (κ3) is 4.41. The van der Waals surface area contributed by atoms with E-state index in [-0.39, 0.29) is 40.6 Å². The highest BCUT2D eigenvalue weighted by Gasteiger charge is 2.35. The molecule has 0 aliphatic carbocycles. The van der Waals surface area contributed by atoms with Gasteiger partial charge in [-0.1, -0.05) is 0 Å². The van der Waals surface area contributed by atoms with Gasteiger partial charge in [-0.3, -0.25) is 9.59 Å². The second-order valence-electron chi connectivity index (χ2n) is 10.7. The molecule has 2 aromatic heterocycles. The lowest BCUT2D eigenvalue weighted by Crippen LogP contribution is -2.40. The number of nitrogens with zero attached hydrogens (tertiary/aromatic N) is 3. The van der Waals surface area contributed by atoms with Crippen LogP contribution < -0.4 is 5.56 Å². The van der Waals surface area contributed by atoms with E-state index in [1.807, 2.05) is 0 Å². The van der Waals surface area contributed by atoms with Crippen molar-refractivity contribution >= 4 is 33.7 Å². The van der Waals surface area contributed by atoms with Crippen LogP contribution in [0.3, 0.4) is 0 Å². The number of hydrogen-bond acceptors (Lipinski definition) is 5. The molecule has 2 aromatic carbocycles. The van der Waals surface area contributed by atoms with Gasteiger partial charge in [-0.15, -0.1) is 0 Å². The Hall–Kier alpha value is -4.19. The van der Waals surface area contributed by atoms with Gasteiger partial charge in [-0.05, 0) is 50.4 Å². The van der Waals surface area contributed by atoms with Gasteiger partial charge in [-0.2, -0.15) is 0 Å². The van der Waals surface area contributed by atoms with Gasteiger partial charge in [0.1, 0.15) is 11.3 Å². The third-order valence-corrected chi connectivity index (χ3v) is 6.88. The van der Waals surface area contributed by atoms with Crippen molar-refractivity contribution in [2.75, 3.05) is 13.7 Å². The smallest absolute Gasteiger partial charge is 0.419 e. The van der Waals surface area contributed by atoms with Gasteiger partial charge in [0, 0.05) is 31.1 Å². The fraction of sp³-hybridized carbons (Fsp3) is 0.321. The van der Waals surface area contributed by atoms with Crippen LogP contribution in [0.4, 0.5) is 22.4 Å². The molecule has 1 atom stereocenters. The first-order chi connectivity index (χ1) is 18.7. The minimum Gasteiger partial charge on any atom is -0.443 e. The second kappa shape index (κ2) is 9.47. The maximum absolute atomic E-state index is 14.4. The summed E-state index contributed by atoms with van der Waals surface area (Å²) in [6, 6.07) is 3.70. The molecule has 210 valence electrons. The summed E-state index contributed by atoms with van der Waals surface area (Å²) in [5.41, 5.74) is -1.16. The topological polar surface area (TPSA) is 82.8 Å². The zero-order valence-corrected chi connectivity index (χ0v) is 22.3. The lowest BCUT2D eigenvalue weighted by atomic mass is 9.94. The van der Waals surface area contributed by atoms with E-state index in [1.165, 1.54) is 29.6 Å². The molecule has 0 spiro atoms. The molecule has 4 aromatic rings. The molecule has 0 saturated heterocycles. The van der Waals surface area contributed by atoms with E-state index in [9.17, 15) is 31.9 Å². The van der Waals surface area contributed by atoms with Crippen molar-refractivity contribution in [3.8, 4) is 0 Å². The molecular weight excluding hydrogens is 534 g/mol. The van der Waals surface area contributed by atoms with Crippen molar-refractivity contribution in [1.29, 1.82) is 0 Å². The average Bonchev–Trinajstić information content (AvgIpc) is 3.24. The standard InChI is InChI=1S/C28H25F4N3O5/c1-28(2,3)40-27(38)35-20-10-19(32)16(29)6-13(20)7-21(35)26(37)34(5)23-12-39-11-22-24(23)14-8-17(30)18(31)9-15(14)25(36)33(22)4/h6-10,23H,11-12H2,1-5H3. The number of halogens is 4. The number of aromatic nitrogens is 2. The van der Waals surface area contributed by atoms with E-state index in [1.54, 1.807) is 20.8 Å². The summed E-state index contributed by atoms with van der Waals surface area (Å²) in [5.74, 6) is -5.51. The van der Waals surface area contributed by atoms with Gasteiger partial charge >= 0.3 is 6.09 Å². The molecule has 3 heterocycles. The molecule has 0 saturated carbocycles. The first-order valence-electron chi connectivity index (χ1n) is 12.3. The van der Waals surface area contributed by atoms with Crippen molar-refractivity contribution < 1.29 is 36.6 Å². The zero-order valence-electron chi connectivity index (χ0n) is 22.3. The van der Waals surface area contributed by atoms with E-state index in [0.29, 0.717) is 11.3 Å². The van der Waals surface area contributed by atoms with Crippen LogP contribution in [0.2, 0.25) is 0 Å². The molecular formula is C28H25F4N3O5. The summed E-state index contributed by atoms with van der Waals surface area (Å²) in [7, 11) is 2.86. The minimum atomic E-state index is -1.22. The predicted octanol–water partition coefficient (Wildman–Crippen LogP) is 5.18. The number of benzene rings is 2. The molecule has 1 unspecified atom stereocenters.